The third kappa shape index (κ3) is 6.61. The molecule has 0 aromatic rings. The predicted molar refractivity (Wildman–Crippen MR) is 68.7 cm³/mol. The van der Waals surface area contributed by atoms with Crippen molar-refractivity contribution in [1.29, 1.82) is 0 Å². The molecule has 0 aromatic carbocycles. The Bertz CT molecular complexity index is 252. The van der Waals surface area contributed by atoms with Crippen LogP contribution in [0.2, 0.25) is 0 Å². The average molecular weight is 240 g/mol. The normalized spacial score (nSPS) is 24.6. The van der Waals surface area contributed by atoms with Crippen molar-refractivity contribution in [2.45, 2.75) is 51.7 Å². The van der Waals surface area contributed by atoms with Crippen molar-refractivity contribution in [2.75, 3.05) is 13.2 Å². The fourth-order valence-corrected chi connectivity index (χ4v) is 1.79. The Morgan fingerprint density at radius 2 is 1.47 bits per heavy atom. The van der Waals surface area contributed by atoms with Crippen molar-refractivity contribution in [3.63, 3.8) is 0 Å². The highest BCUT2D eigenvalue weighted by molar-refractivity contribution is 4.88. The fourth-order valence-electron chi connectivity index (χ4n) is 1.79. The molecule has 17 heavy (non-hydrogen) atoms. The molecule has 1 saturated carbocycles. The number of rotatable bonds is 7. The van der Waals surface area contributed by atoms with Crippen LogP contribution >= 0.6 is 0 Å². The van der Waals surface area contributed by atoms with Gasteiger partial charge in [-0.3, -0.25) is 0 Å². The molecule has 3 heteroatoms. The molecule has 0 aliphatic heterocycles. The summed E-state index contributed by atoms with van der Waals surface area (Å²) in [6, 6.07) is 0. The van der Waals surface area contributed by atoms with Gasteiger partial charge in [0.25, 0.3) is 0 Å². The molecule has 0 atom stereocenters. The molecule has 98 valence electrons. The lowest BCUT2D eigenvalue weighted by Gasteiger charge is -2.27. The van der Waals surface area contributed by atoms with Gasteiger partial charge in [-0.1, -0.05) is 24.3 Å². The first kappa shape index (κ1) is 14.4. The number of ether oxygens (including phenoxy) is 1. The van der Waals surface area contributed by atoms with Gasteiger partial charge in [0.2, 0.25) is 0 Å². The first-order chi connectivity index (χ1) is 8.08. The molecule has 0 spiro atoms. The van der Waals surface area contributed by atoms with E-state index < -0.39 is 0 Å². The summed E-state index contributed by atoms with van der Waals surface area (Å²) < 4.78 is 5.73. The van der Waals surface area contributed by atoms with E-state index in [1.807, 2.05) is 13.8 Å². The summed E-state index contributed by atoms with van der Waals surface area (Å²) in [5.41, 5.74) is 2.05. The highest BCUT2D eigenvalue weighted by atomic mass is 17.2. The smallest absolute Gasteiger partial charge is 0.103 e. The zero-order chi connectivity index (χ0) is 12.7. The van der Waals surface area contributed by atoms with Crippen LogP contribution in [0, 0.1) is 0 Å². The molecule has 1 aliphatic carbocycles. The van der Waals surface area contributed by atoms with E-state index in [4.69, 9.17) is 14.5 Å². The first-order valence-electron chi connectivity index (χ1n) is 6.26. The van der Waals surface area contributed by atoms with Crippen LogP contribution in [0.3, 0.4) is 0 Å². The summed E-state index contributed by atoms with van der Waals surface area (Å²) in [4.78, 5) is 10.4. The summed E-state index contributed by atoms with van der Waals surface area (Å²) in [5, 5.41) is 0. The average Bonchev–Trinajstić information content (AvgIpc) is 2.27. The molecular weight excluding hydrogens is 216 g/mol. The third-order valence-electron chi connectivity index (χ3n) is 2.70. The van der Waals surface area contributed by atoms with Crippen molar-refractivity contribution >= 4 is 0 Å². The van der Waals surface area contributed by atoms with Crippen molar-refractivity contribution in [1.82, 2.24) is 0 Å². The monoisotopic (exact) mass is 240 g/mol. The molecule has 0 saturated heterocycles. The van der Waals surface area contributed by atoms with Gasteiger partial charge < -0.3 is 4.74 Å². The number of hydrogen-bond donors (Lipinski definition) is 0. The lowest BCUT2D eigenvalue weighted by Crippen LogP contribution is -2.27. The fraction of sp³-hybridized carbons (Fsp3) is 0.714. The second-order valence-electron chi connectivity index (χ2n) is 4.98. The summed E-state index contributed by atoms with van der Waals surface area (Å²) in [6.45, 7) is 12.6. The quantitative estimate of drug-likeness (QED) is 0.388. The molecule has 1 fully saturated rings. The second kappa shape index (κ2) is 7.64. The van der Waals surface area contributed by atoms with Gasteiger partial charge in [0, 0.05) is 0 Å². The Hall–Kier alpha value is -0.640. The van der Waals surface area contributed by atoms with Crippen LogP contribution in [0.25, 0.3) is 0 Å². The summed E-state index contributed by atoms with van der Waals surface area (Å²) in [6.07, 6.45) is 4.63. The zero-order valence-electron chi connectivity index (χ0n) is 11.0. The topological polar surface area (TPSA) is 27.7 Å². The van der Waals surface area contributed by atoms with Gasteiger partial charge in [-0.25, -0.2) is 9.78 Å². The Morgan fingerprint density at radius 1 is 0.941 bits per heavy atom. The predicted octanol–water partition coefficient (Wildman–Crippen LogP) is 3.41. The third-order valence-corrected chi connectivity index (χ3v) is 2.70. The summed E-state index contributed by atoms with van der Waals surface area (Å²) in [7, 11) is 0. The standard InChI is InChI=1S/C14H24O3/c1-11(2)9-15-13-5-7-14(8-6-13)17-16-10-12(3)4/h13-14H,1,3,5-10H2,2,4H3. The minimum absolute atomic E-state index is 0.207. The van der Waals surface area contributed by atoms with E-state index in [-0.39, 0.29) is 6.10 Å². The Balaban J connectivity index is 2.08. The second-order valence-corrected chi connectivity index (χ2v) is 4.98. The highest BCUT2D eigenvalue weighted by Gasteiger charge is 2.22. The molecule has 1 rings (SSSR count). The van der Waals surface area contributed by atoms with Crippen LogP contribution in [-0.2, 0) is 14.5 Å². The molecule has 0 radical (unpaired) electrons. The van der Waals surface area contributed by atoms with Crippen LogP contribution in [0.15, 0.2) is 24.3 Å². The van der Waals surface area contributed by atoms with E-state index in [1.165, 1.54) is 0 Å². The van der Waals surface area contributed by atoms with E-state index in [0.29, 0.717) is 19.3 Å². The van der Waals surface area contributed by atoms with E-state index >= 15 is 0 Å². The SMILES string of the molecule is C=C(C)COOC1CCC(OCC(=C)C)CC1. The van der Waals surface area contributed by atoms with Crippen LogP contribution < -0.4 is 0 Å². The number of hydrogen-bond acceptors (Lipinski definition) is 3. The van der Waals surface area contributed by atoms with Crippen LogP contribution in [-0.4, -0.2) is 25.4 Å². The Kier molecular flexibility index (Phi) is 6.48. The molecular formula is C14H24O3. The van der Waals surface area contributed by atoms with Gasteiger partial charge >= 0.3 is 0 Å². The maximum absolute atomic E-state index is 5.73. The van der Waals surface area contributed by atoms with Gasteiger partial charge in [-0.05, 0) is 39.5 Å². The molecule has 0 N–H and O–H groups in total. The van der Waals surface area contributed by atoms with Crippen LogP contribution in [0.4, 0.5) is 0 Å². The minimum Gasteiger partial charge on any atom is -0.374 e. The van der Waals surface area contributed by atoms with E-state index in [9.17, 15) is 0 Å². The molecule has 0 bridgehead atoms. The summed E-state index contributed by atoms with van der Waals surface area (Å²) in [5.74, 6) is 0. The Labute approximate surface area is 104 Å². The molecule has 0 unspecified atom stereocenters. The lowest BCUT2D eigenvalue weighted by molar-refractivity contribution is -0.324. The van der Waals surface area contributed by atoms with Crippen molar-refractivity contribution in [3.05, 3.63) is 24.3 Å². The zero-order valence-corrected chi connectivity index (χ0v) is 11.0. The van der Waals surface area contributed by atoms with Gasteiger partial charge in [0.15, 0.2) is 0 Å². The van der Waals surface area contributed by atoms with Gasteiger partial charge in [0.1, 0.15) is 6.61 Å². The minimum atomic E-state index is 0.207. The first-order valence-corrected chi connectivity index (χ1v) is 6.26. The lowest BCUT2D eigenvalue weighted by atomic mass is 9.95. The van der Waals surface area contributed by atoms with E-state index in [1.54, 1.807) is 0 Å². The molecule has 0 aromatic heterocycles. The Morgan fingerprint density at radius 3 is 2.00 bits per heavy atom. The molecule has 3 nitrogen and oxygen atoms in total. The van der Waals surface area contributed by atoms with Crippen LogP contribution in [0.1, 0.15) is 39.5 Å². The van der Waals surface area contributed by atoms with Crippen molar-refractivity contribution in [2.24, 2.45) is 0 Å². The van der Waals surface area contributed by atoms with Crippen molar-refractivity contribution < 1.29 is 14.5 Å². The largest absolute Gasteiger partial charge is 0.374 e. The highest BCUT2D eigenvalue weighted by Crippen LogP contribution is 2.24. The summed E-state index contributed by atoms with van der Waals surface area (Å²) >= 11 is 0. The van der Waals surface area contributed by atoms with Gasteiger partial charge in [-0.15, -0.1) is 0 Å². The maximum Gasteiger partial charge on any atom is 0.103 e. The van der Waals surface area contributed by atoms with E-state index in [0.717, 1.165) is 36.8 Å². The van der Waals surface area contributed by atoms with Crippen molar-refractivity contribution in [3.8, 4) is 0 Å². The van der Waals surface area contributed by atoms with Gasteiger partial charge in [-0.2, -0.15) is 0 Å². The van der Waals surface area contributed by atoms with Crippen LogP contribution in [0.5, 0.6) is 0 Å². The van der Waals surface area contributed by atoms with E-state index in [2.05, 4.69) is 13.2 Å². The molecule has 0 heterocycles. The maximum atomic E-state index is 5.73. The van der Waals surface area contributed by atoms with Gasteiger partial charge in [0.05, 0.1) is 18.8 Å². The molecule has 1 aliphatic rings. The molecule has 0 amide bonds.